The standard InChI is InChI=1S/C19H16N2O4/c22-18(23)16-9-8-14(17-15(16)7-4-10-20-17)11-21-19(24)25-12-13-5-2-1-3-6-13/h1-10H,11-12H2,(H,21,24)(H,22,23). The minimum absolute atomic E-state index is 0.179. The number of ether oxygens (including phenoxy) is 1. The van der Waals surface area contributed by atoms with E-state index in [4.69, 9.17) is 4.74 Å². The Morgan fingerprint density at radius 1 is 1.04 bits per heavy atom. The van der Waals surface area contributed by atoms with E-state index in [2.05, 4.69) is 10.3 Å². The van der Waals surface area contributed by atoms with E-state index in [1.165, 1.54) is 6.07 Å². The van der Waals surface area contributed by atoms with Gasteiger partial charge >= 0.3 is 12.1 Å². The maximum atomic E-state index is 11.9. The van der Waals surface area contributed by atoms with Crippen LogP contribution in [0.15, 0.2) is 60.8 Å². The van der Waals surface area contributed by atoms with Gasteiger partial charge in [-0.1, -0.05) is 42.5 Å². The second-order valence-electron chi connectivity index (χ2n) is 5.39. The average molecular weight is 336 g/mol. The molecule has 0 saturated heterocycles. The number of aromatic carboxylic acids is 1. The van der Waals surface area contributed by atoms with Crippen LogP contribution in [0.5, 0.6) is 0 Å². The quantitative estimate of drug-likeness (QED) is 0.746. The van der Waals surface area contributed by atoms with Gasteiger partial charge in [0.2, 0.25) is 0 Å². The molecule has 0 unspecified atom stereocenters. The predicted octanol–water partition coefficient (Wildman–Crippen LogP) is 3.36. The van der Waals surface area contributed by atoms with Crippen LogP contribution in [0.2, 0.25) is 0 Å². The fraction of sp³-hybridized carbons (Fsp3) is 0.105. The molecule has 0 spiro atoms. The Hall–Kier alpha value is -3.41. The van der Waals surface area contributed by atoms with Crippen LogP contribution in [0.25, 0.3) is 10.9 Å². The molecule has 3 aromatic rings. The van der Waals surface area contributed by atoms with Gasteiger partial charge in [0, 0.05) is 18.1 Å². The third-order valence-corrected chi connectivity index (χ3v) is 3.72. The fourth-order valence-electron chi connectivity index (χ4n) is 2.50. The third-order valence-electron chi connectivity index (χ3n) is 3.72. The van der Waals surface area contributed by atoms with Crippen LogP contribution in [-0.4, -0.2) is 22.2 Å². The van der Waals surface area contributed by atoms with Gasteiger partial charge in [-0.3, -0.25) is 4.98 Å². The van der Waals surface area contributed by atoms with Crippen molar-refractivity contribution in [3.05, 3.63) is 77.5 Å². The zero-order valence-corrected chi connectivity index (χ0v) is 13.3. The molecule has 0 aliphatic carbocycles. The minimum Gasteiger partial charge on any atom is -0.478 e. The number of carbonyl (C=O) groups excluding carboxylic acids is 1. The largest absolute Gasteiger partial charge is 0.478 e. The van der Waals surface area contributed by atoms with Crippen molar-refractivity contribution in [1.29, 1.82) is 0 Å². The molecule has 0 radical (unpaired) electrons. The van der Waals surface area contributed by atoms with E-state index in [0.29, 0.717) is 10.9 Å². The molecule has 0 fully saturated rings. The molecule has 0 aliphatic heterocycles. The van der Waals surface area contributed by atoms with Gasteiger partial charge in [-0.15, -0.1) is 0 Å². The van der Waals surface area contributed by atoms with Crippen molar-refractivity contribution < 1.29 is 19.4 Å². The van der Waals surface area contributed by atoms with Crippen molar-refractivity contribution in [2.75, 3.05) is 0 Å². The van der Waals surface area contributed by atoms with Gasteiger partial charge in [-0.25, -0.2) is 9.59 Å². The number of alkyl carbamates (subject to hydrolysis) is 1. The molecule has 0 bridgehead atoms. The molecule has 1 amide bonds. The number of benzene rings is 2. The topological polar surface area (TPSA) is 88.5 Å². The van der Waals surface area contributed by atoms with E-state index in [0.717, 1.165) is 11.1 Å². The van der Waals surface area contributed by atoms with Gasteiger partial charge in [0.1, 0.15) is 6.61 Å². The number of carboxylic acid groups (broad SMARTS) is 1. The summed E-state index contributed by atoms with van der Waals surface area (Å²) in [4.78, 5) is 27.4. The second kappa shape index (κ2) is 7.44. The van der Waals surface area contributed by atoms with Gasteiger partial charge in [0.05, 0.1) is 11.1 Å². The first-order valence-electron chi connectivity index (χ1n) is 7.69. The lowest BCUT2D eigenvalue weighted by Gasteiger charge is -2.10. The summed E-state index contributed by atoms with van der Waals surface area (Å²) in [5, 5.41) is 12.4. The number of hydrogen-bond donors (Lipinski definition) is 2. The second-order valence-corrected chi connectivity index (χ2v) is 5.39. The molecular weight excluding hydrogens is 320 g/mol. The lowest BCUT2D eigenvalue weighted by molar-refractivity contribution is 0.0699. The molecule has 0 atom stereocenters. The maximum Gasteiger partial charge on any atom is 0.407 e. The summed E-state index contributed by atoms with van der Waals surface area (Å²) in [6.45, 7) is 0.380. The Bertz CT molecular complexity index is 910. The number of carbonyl (C=O) groups is 2. The Balaban J connectivity index is 1.68. The molecule has 2 N–H and O–H groups in total. The Labute approximate surface area is 144 Å². The molecule has 6 heteroatoms. The van der Waals surface area contributed by atoms with Crippen LogP contribution in [-0.2, 0) is 17.9 Å². The highest BCUT2D eigenvalue weighted by atomic mass is 16.5. The predicted molar refractivity (Wildman–Crippen MR) is 92.2 cm³/mol. The van der Waals surface area contributed by atoms with Crippen molar-refractivity contribution in [3.63, 3.8) is 0 Å². The maximum absolute atomic E-state index is 11.9. The number of rotatable bonds is 5. The first-order valence-corrected chi connectivity index (χ1v) is 7.69. The first-order chi connectivity index (χ1) is 12.1. The molecule has 0 saturated carbocycles. The lowest BCUT2D eigenvalue weighted by Crippen LogP contribution is -2.24. The van der Waals surface area contributed by atoms with Crippen molar-refractivity contribution in [1.82, 2.24) is 10.3 Å². The number of aromatic nitrogens is 1. The van der Waals surface area contributed by atoms with E-state index in [1.807, 2.05) is 30.3 Å². The Kier molecular flexibility index (Phi) is 4.89. The van der Waals surface area contributed by atoms with E-state index >= 15 is 0 Å². The molecule has 6 nitrogen and oxygen atoms in total. The summed E-state index contributed by atoms with van der Waals surface area (Å²) < 4.78 is 5.16. The highest BCUT2D eigenvalue weighted by Gasteiger charge is 2.12. The van der Waals surface area contributed by atoms with E-state index in [9.17, 15) is 14.7 Å². The van der Waals surface area contributed by atoms with Gasteiger partial charge < -0.3 is 15.2 Å². The van der Waals surface area contributed by atoms with E-state index < -0.39 is 12.1 Å². The Morgan fingerprint density at radius 3 is 2.60 bits per heavy atom. The summed E-state index contributed by atoms with van der Waals surface area (Å²) in [7, 11) is 0. The SMILES string of the molecule is O=C(NCc1ccc(C(=O)O)c2cccnc12)OCc1ccccc1. The smallest absolute Gasteiger partial charge is 0.407 e. The molecule has 3 rings (SSSR count). The van der Waals surface area contributed by atoms with Gasteiger partial charge in [-0.05, 0) is 23.3 Å². The highest BCUT2D eigenvalue weighted by molar-refractivity contribution is 6.03. The number of pyridine rings is 1. The molecule has 1 aromatic heterocycles. The zero-order chi connectivity index (χ0) is 17.6. The fourth-order valence-corrected chi connectivity index (χ4v) is 2.50. The van der Waals surface area contributed by atoms with Crippen LogP contribution in [0.4, 0.5) is 4.79 Å². The number of fused-ring (bicyclic) bond motifs is 1. The van der Waals surface area contributed by atoms with Crippen molar-refractivity contribution >= 4 is 23.0 Å². The van der Waals surface area contributed by atoms with Gasteiger partial charge in [0.15, 0.2) is 0 Å². The minimum atomic E-state index is -1.01. The number of nitrogens with one attached hydrogen (secondary N) is 1. The summed E-state index contributed by atoms with van der Waals surface area (Å²) in [6, 6.07) is 15.9. The van der Waals surface area contributed by atoms with Crippen molar-refractivity contribution in [2.45, 2.75) is 13.2 Å². The summed E-state index contributed by atoms with van der Waals surface area (Å²) in [5.41, 5.74) is 2.34. The number of nitrogens with zero attached hydrogens (tertiary/aromatic N) is 1. The molecule has 1 heterocycles. The number of carboxylic acids is 1. The highest BCUT2D eigenvalue weighted by Crippen LogP contribution is 2.21. The molecule has 2 aromatic carbocycles. The van der Waals surface area contributed by atoms with Crippen LogP contribution in [0.1, 0.15) is 21.5 Å². The molecular formula is C19H16N2O4. The molecule has 0 aliphatic rings. The lowest BCUT2D eigenvalue weighted by atomic mass is 10.0. The zero-order valence-electron chi connectivity index (χ0n) is 13.3. The third kappa shape index (κ3) is 3.92. The van der Waals surface area contributed by atoms with Crippen LogP contribution >= 0.6 is 0 Å². The first kappa shape index (κ1) is 16.4. The number of hydrogen-bond acceptors (Lipinski definition) is 4. The summed E-state index contributed by atoms with van der Waals surface area (Å²) in [5.74, 6) is -1.01. The average Bonchev–Trinajstić information content (AvgIpc) is 2.65. The van der Waals surface area contributed by atoms with Crippen molar-refractivity contribution in [3.8, 4) is 0 Å². The van der Waals surface area contributed by atoms with Crippen LogP contribution < -0.4 is 5.32 Å². The monoisotopic (exact) mass is 336 g/mol. The molecule has 126 valence electrons. The summed E-state index contributed by atoms with van der Waals surface area (Å²) in [6.07, 6.45) is 1.04. The van der Waals surface area contributed by atoms with Crippen molar-refractivity contribution in [2.24, 2.45) is 0 Å². The number of amides is 1. The normalized spacial score (nSPS) is 10.4. The van der Waals surface area contributed by atoms with E-state index in [-0.39, 0.29) is 18.7 Å². The van der Waals surface area contributed by atoms with Gasteiger partial charge in [0.25, 0.3) is 0 Å². The van der Waals surface area contributed by atoms with Crippen LogP contribution in [0.3, 0.4) is 0 Å². The van der Waals surface area contributed by atoms with Gasteiger partial charge in [-0.2, -0.15) is 0 Å². The van der Waals surface area contributed by atoms with Crippen LogP contribution in [0, 0.1) is 0 Å². The summed E-state index contributed by atoms with van der Waals surface area (Å²) >= 11 is 0. The molecule has 25 heavy (non-hydrogen) atoms. The Morgan fingerprint density at radius 2 is 1.84 bits per heavy atom. The van der Waals surface area contributed by atoms with E-state index in [1.54, 1.807) is 24.4 Å².